The summed E-state index contributed by atoms with van der Waals surface area (Å²) in [6, 6.07) is 0. The SMILES string of the molecule is CCCCS(I)(CCCC)CCCC.O. The van der Waals surface area contributed by atoms with Crippen LogP contribution in [-0.4, -0.2) is 22.7 Å². The van der Waals surface area contributed by atoms with Gasteiger partial charge in [0.1, 0.15) is 0 Å². The molecule has 0 spiro atoms. The zero-order valence-corrected chi connectivity index (χ0v) is 13.6. The quantitative estimate of drug-likeness (QED) is 0.540. The molecule has 0 heterocycles. The van der Waals surface area contributed by atoms with E-state index >= 15 is 0 Å². The van der Waals surface area contributed by atoms with E-state index in [1.54, 1.807) is 0 Å². The normalized spacial score (nSPS) is 12.3. The van der Waals surface area contributed by atoms with Gasteiger partial charge in [-0.3, -0.25) is 0 Å². The lowest BCUT2D eigenvalue weighted by molar-refractivity contribution is 0.824. The van der Waals surface area contributed by atoms with Gasteiger partial charge in [-0.1, -0.05) is 40.0 Å². The van der Waals surface area contributed by atoms with Crippen LogP contribution in [-0.2, 0) is 0 Å². The predicted molar refractivity (Wildman–Crippen MR) is 84.5 cm³/mol. The molecule has 1 nitrogen and oxygen atoms in total. The van der Waals surface area contributed by atoms with E-state index in [0.29, 0.717) is 0 Å². The van der Waals surface area contributed by atoms with E-state index in [9.17, 15) is 0 Å². The van der Waals surface area contributed by atoms with Crippen LogP contribution in [0.2, 0.25) is 0 Å². The van der Waals surface area contributed by atoms with Crippen molar-refractivity contribution in [3.05, 3.63) is 0 Å². The van der Waals surface area contributed by atoms with Gasteiger partial charge in [0.2, 0.25) is 0 Å². The van der Waals surface area contributed by atoms with Crippen LogP contribution < -0.4 is 0 Å². The minimum atomic E-state index is -0.255. The molecule has 3 heteroatoms. The highest BCUT2D eigenvalue weighted by Crippen LogP contribution is 2.58. The summed E-state index contributed by atoms with van der Waals surface area (Å²) < 4.78 is 0. The maximum Gasteiger partial charge on any atom is -0.0144 e. The van der Waals surface area contributed by atoms with Crippen molar-refractivity contribution in [1.29, 1.82) is 0 Å². The van der Waals surface area contributed by atoms with Gasteiger partial charge in [0, 0.05) is 0 Å². The summed E-state index contributed by atoms with van der Waals surface area (Å²) in [6.45, 7) is 6.95. The van der Waals surface area contributed by atoms with Crippen LogP contribution in [0.1, 0.15) is 59.3 Å². The van der Waals surface area contributed by atoms with Crippen LogP contribution in [0.15, 0.2) is 0 Å². The van der Waals surface area contributed by atoms with Crippen molar-refractivity contribution in [2.24, 2.45) is 0 Å². The standard InChI is InChI=1S/C12H27IS.H2O/c1-4-7-10-14(13,11-8-5-2)12-9-6-3;/h4-12H2,1-3H3;1H2. The Balaban J connectivity index is 0. The van der Waals surface area contributed by atoms with Crippen molar-refractivity contribution in [2.75, 3.05) is 17.3 Å². The van der Waals surface area contributed by atoms with Gasteiger partial charge in [0.25, 0.3) is 0 Å². The Kier molecular flexibility index (Phi) is 14.1. The maximum absolute atomic E-state index is 2.83. The van der Waals surface area contributed by atoms with Crippen LogP contribution in [0, 0.1) is 0 Å². The lowest BCUT2D eigenvalue weighted by atomic mass is 10.4. The fraction of sp³-hybridized carbons (Fsp3) is 1.00. The summed E-state index contributed by atoms with van der Waals surface area (Å²) in [7, 11) is -0.255. The Labute approximate surface area is 110 Å². The van der Waals surface area contributed by atoms with Crippen LogP contribution >= 0.6 is 28.4 Å². The highest BCUT2D eigenvalue weighted by atomic mass is 127. The number of rotatable bonds is 9. The highest BCUT2D eigenvalue weighted by Gasteiger charge is 2.18. The monoisotopic (exact) mass is 348 g/mol. The second-order valence-electron chi connectivity index (χ2n) is 4.11. The average Bonchev–Trinajstić information content (AvgIpc) is 2.21. The molecule has 15 heavy (non-hydrogen) atoms. The Hall–Kier alpha value is 1.04. The maximum atomic E-state index is 2.83. The van der Waals surface area contributed by atoms with Crippen LogP contribution in [0.3, 0.4) is 0 Å². The van der Waals surface area contributed by atoms with E-state index in [-0.39, 0.29) is 12.7 Å². The zero-order valence-electron chi connectivity index (χ0n) is 10.7. The lowest BCUT2D eigenvalue weighted by Crippen LogP contribution is -2.07. The van der Waals surface area contributed by atoms with Gasteiger partial charge in [0.15, 0.2) is 0 Å². The number of halogens is 1. The molecule has 0 aliphatic heterocycles. The van der Waals surface area contributed by atoms with Crippen LogP contribution in [0.4, 0.5) is 0 Å². The van der Waals surface area contributed by atoms with Gasteiger partial charge in [-0.25, -0.2) is 0 Å². The van der Waals surface area contributed by atoms with E-state index in [2.05, 4.69) is 42.0 Å². The molecular weight excluding hydrogens is 319 g/mol. The van der Waals surface area contributed by atoms with E-state index in [4.69, 9.17) is 0 Å². The third-order valence-corrected chi connectivity index (χ3v) is 9.62. The molecule has 0 rings (SSSR count). The second-order valence-corrected chi connectivity index (χ2v) is 12.8. The summed E-state index contributed by atoms with van der Waals surface area (Å²) in [6.07, 6.45) is 8.46. The minimum absolute atomic E-state index is 0. The molecule has 0 atom stereocenters. The van der Waals surface area contributed by atoms with Crippen molar-refractivity contribution >= 4 is 28.4 Å². The van der Waals surface area contributed by atoms with E-state index in [1.807, 2.05) is 0 Å². The van der Waals surface area contributed by atoms with Crippen molar-refractivity contribution < 1.29 is 5.48 Å². The molecule has 0 aliphatic rings. The summed E-state index contributed by atoms with van der Waals surface area (Å²) >= 11 is 2.83. The Morgan fingerprint density at radius 2 is 1.00 bits per heavy atom. The minimum Gasteiger partial charge on any atom is -0.412 e. The topological polar surface area (TPSA) is 31.5 Å². The largest absolute Gasteiger partial charge is 0.412 e. The fourth-order valence-electron chi connectivity index (χ4n) is 1.52. The van der Waals surface area contributed by atoms with Crippen molar-refractivity contribution in [3.63, 3.8) is 0 Å². The van der Waals surface area contributed by atoms with Crippen molar-refractivity contribution in [3.8, 4) is 0 Å². The molecule has 0 saturated carbocycles. The average molecular weight is 348 g/mol. The molecule has 0 fully saturated rings. The smallest absolute Gasteiger partial charge is 0.0144 e. The zero-order chi connectivity index (χ0) is 10.9. The highest BCUT2D eigenvalue weighted by molar-refractivity contribution is 14.2. The van der Waals surface area contributed by atoms with E-state index < -0.39 is 0 Å². The van der Waals surface area contributed by atoms with Gasteiger partial charge >= 0.3 is 0 Å². The molecule has 0 aromatic carbocycles. The number of hydrogen-bond donors (Lipinski definition) is 0. The molecular formula is C12H29IOS. The fourth-order valence-corrected chi connectivity index (χ4v) is 7.35. The third-order valence-electron chi connectivity index (χ3n) is 2.59. The third kappa shape index (κ3) is 9.94. The number of hydrogen-bond acceptors (Lipinski definition) is 0. The van der Waals surface area contributed by atoms with Crippen LogP contribution in [0.5, 0.6) is 0 Å². The summed E-state index contributed by atoms with van der Waals surface area (Å²) in [5.74, 6) is 4.55. The predicted octanol–water partition coefficient (Wildman–Crippen LogP) is 4.72. The van der Waals surface area contributed by atoms with E-state index in [1.165, 1.54) is 55.8 Å². The summed E-state index contributed by atoms with van der Waals surface area (Å²) in [5, 5.41) is 0. The van der Waals surface area contributed by atoms with Gasteiger partial charge in [0.05, 0.1) is 0 Å². The van der Waals surface area contributed by atoms with Crippen molar-refractivity contribution in [2.45, 2.75) is 59.3 Å². The van der Waals surface area contributed by atoms with Crippen molar-refractivity contribution in [1.82, 2.24) is 0 Å². The first-order valence-electron chi connectivity index (χ1n) is 6.14. The molecule has 0 amide bonds. The molecule has 0 bridgehead atoms. The molecule has 0 aliphatic carbocycles. The van der Waals surface area contributed by atoms with Gasteiger partial charge in [-0.05, 0) is 57.7 Å². The molecule has 0 aromatic heterocycles. The van der Waals surface area contributed by atoms with E-state index in [0.717, 1.165) is 0 Å². The first kappa shape index (κ1) is 18.4. The second kappa shape index (κ2) is 11.5. The van der Waals surface area contributed by atoms with Crippen LogP contribution in [0.25, 0.3) is 0 Å². The molecule has 2 N–H and O–H groups in total. The van der Waals surface area contributed by atoms with Gasteiger partial charge in [-0.2, -0.15) is 7.20 Å². The van der Waals surface area contributed by atoms with Gasteiger partial charge in [-0.15, -0.1) is 0 Å². The lowest BCUT2D eigenvalue weighted by Gasteiger charge is -2.33. The molecule has 0 radical (unpaired) electrons. The first-order chi connectivity index (χ1) is 6.68. The molecule has 0 saturated heterocycles. The Bertz CT molecular complexity index is 109. The first-order valence-corrected chi connectivity index (χ1v) is 10.8. The molecule has 0 unspecified atom stereocenters. The Morgan fingerprint density at radius 3 is 1.20 bits per heavy atom. The van der Waals surface area contributed by atoms with Gasteiger partial charge < -0.3 is 5.48 Å². The summed E-state index contributed by atoms with van der Waals surface area (Å²) in [5.41, 5.74) is 0. The number of unbranched alkanes of at least 4 members (excludes halogenated alkanes) is 3. The Morgan fingerprint density at radius 1 is 0.733 bits per heavy atom. The molecule has 0 aromatic rings. The summed E-state index contributed by atoms with van der Waals surface area (Å²) in [4.78, 5) is 0. The molecule has 96 valence electrons.